The number of methoxy groups -OCH3 is 1. The minimum Gasteiger partial charge on any atom is -0.393 e. The number of hydrogen-bond acceptors (Lipinski definition) is 12. The molecule has 10 heterocycles. The standard InChI is InChI=1S/C40H57N3O11/c1-19-11-24-5-7-28-20(2)12-26(47-28)9-10-40-17-33-36(53-40)37-38(52-33)39(54-40)35-29(51-37)8-6-25(49-35)13-22(44)14-27-31(16-30(48-24)21(19)3)50-32(34(27)46-4)15-23(45)18-42-43-41/h19,23-39,45H,2-3,5-18H2,1,4H3/t19?,23?,24-,25?,26?,27?,28?,29?,30?,31-,32?,33+,34+,35-,36?,37-,38?,39?,40-/m0/s1. The minimum atomic E-state index is -0.908. The Hall–Kier alpha value is -1.94. The lowest BCUT2D eigenvalue weighted by Gasteiger charge is -2.47. The maximum absolute atomic E-state index is 14.1. The van der Waals surface area contributed by atoms with Crippen molar-refractivity contribution in [1.29, 1.82) is 0 Å². The van der Waals surface area contributed by atoms with E-state index in [1.807, 2.05) is 0 Å². The van der Waals surface area contributed by atoms with E-state index in [0.29, 0.717) is 25.7 Å². The Kier molecular flexibility index (Phi) is 10.5. The summed E-state index contributed by atoms with van der Waals surface area (Å²) in [7, 11) is 1.62. The third kappa shape index (κ3) is 7.01. The molecule has 0 radical (unpaired) electrons. The van der Waals surface area contributed by atoms with Crippen molar-refractivity contribution in [3.05, 3.63) is 34.7 Å². The summed E-state index contributed by atoms with van der Waals surface area (Å²) in [5.74, 6) is -0.767. The number of carbonyl (C=O) groups is 1. The normalized spacial score (nSPS) is 50.6. The van der Waals surface area contributed by atoms with Gasteiger partial charge in [0, 0.05) is 56.5 Å². The fourth-order valence-corrected chi connectivity index (χ4v) is 11.4. The Balaban J connectivity index is 0.988. The number of carbonyl (C=O) groups excluding carboxylic acids is 1. The average molecular weight is 756 g/mol. The van der Waals surface area contributed by atoms with Gasteiger partial charge in [0.15, 0.2) is 5.79 Å². The van der Waals surface area contributed by atoms with Gasteiger partial charge < -0.3 is 47.7 Å². The lowest BCUT2D eigenvalue weighted by atomic mass is 9.81. The Morgan fingerprint density at radius 2 is 1.61 bits per heavy atom. The van der Waals surface area contributed by atoms with Gasteiger partial charge in [-0.25, -0.2) is 0 Å². The van der Waals surface area contributed by atoms with Gasteiger partial charge in [-0.3, -0.25) is 4.79 Å². The van der Waals surface area contributed by atoms with Gasteiger partial charge in [-0.1, -0.05) is 25.2 Å². The molecule has 1 spiro atoms. The van der Waals surface area contributed by atoms with E-state index in [2.05, 4.69) is 30.1 Å². The van der Waals surface area contributed by atoms with Crippen LogP contribution in [0.4, 0.5) is 0 Å². The molecule has 0 amide bonds. The SMILES string of the molecule is C=C1CC2CC[C@@]34C[C@H]5OC6C(O3)[C@H]3OC(CCC3O[C@H]6C5O4)CC(=O)CC3[C@@H](OC)C(CC(O)CN=[N+]=[N-])O[C@H]3CC3O[C@@H](CCC1O2)CC(C)C3=C. The van der Waals surface area contributed by atoms with Gasteiger partial charge in [-0.2, -0.15) is 0 Å². The van der Waals surface area contributed by atoms with Crippen molar-refractivity contribution in [2.24, 2.45) is 17.0 Å². The van der Waals surface area contributed by atoms with Crippen molar-refractivity contribution >= 4 is 5.78 Å². The predicted octanol–water partition coefficient (Wildman–Crippen LogP) is 4.79. The number of hydrogen-bond donors (Lipinski definition) is 1. The van der Waals surface area contributed by atoms with Gasteiger partial charge in [0.05, 0.1) is 73.7 Å². The van der Waals surface area contributed by atoms with E-state index in [0.717, 1.165) is 49.7 Å². The topological polar surface area (TPSA) is 169 Å². The Morgan fingerprint density at radius 1 is 0.852 bits per heavy atom. The summed E-state index contributed by atoms with van der Waals surface area (Å²) in [4.78, 5) is 16.9. The Morgan fingerprint density at radius 3 is 2.44 bits per heavy atom. The highest BCUT2D eigenvalue weighted by Gasteiger charge is 2.68. The van der Waals surface area contributed by atoms with Crippen LogP contribution in [-0.2, 0) is 47.4 Å². The van der Waals surface area contributed by atoms with Gasteiger partial charge in [-0.05, 0) is 67.5 Å². The molecule has 14 heteroatoms. The fraction of sp³-hybridized carbons (Fsp3) is 0.875. The number of azide groups is 1. The molecule has 10 aliphatic heterocycles. The molecule has 10 rings (SSSR count). The molecule has 12 unspecified atom stereocenters. The monoisotopic (exact) mass is 755 g/mol. The molecule has 14 nitrogen and oxygen atoms in total. The molecule has 10 aliphatic rings. The molecule has 0 aromatic rings. The molecule has 10 fully saturated rings. The fourth-order valence-electron chi connectivity index (χ4n) is 11.4. The van der Waals surface area contributed by atoms with Crippen LogP contribution in [0, 0.1) is 11.8 Å². The predicted molar refractivity (Wildman–Crippen MR) is 191 cm³/mol. The maximum atomic E-state index is 14.1. The highest BCUT2D eigenvalue weighted by atomic mass is 16.8. The van der Waals surface area contributed by atoms with E-state index in [4.69, 9.17) is 48.2 Å². The molecule has 19 atom stereocenters. The first-order valence-corrected chi connectivity index (χ1v) is 20.5. The first-order chi connectivity index (χ1) is 26.1. The second-order valence-corrected chi connectivity index (χ2v) is 17.6. The summed E-state index contributed by atoms with van der Waals surface area (Å²) in [6, 6.07) is 0. The van der Waals surface area contributed by atoms with Crippen molar-refractivity contribution in [2.75, 3.05) is 13.7 Å². The minimum absolute atomic E-state index is 0.0142. The van der Waals surface area contributed by atoms with Crippen molar-refractivity contribution in [2.45, 2.75) is 194 Å². The van der Waals surface area contributed by atoms with Crippen LogP contribution in [0.25, 0.3) is 10.4 Å². The molecule has 12 bridgehead atoms. The molecule has 10 saturated heterocycles. The molecule has 298 valence electrons. The zero-order chi connectivity index (χ0) is 37.3. The van der Waals surface area contributed by atoms with Gasteiger partial charge in [0.1, 0.15) is 36.3 Å². The van der Waals surface area contributed by atoms with Crippen LogP contribution < -0.4 is 0 Å². The third-order valence-electron chi connectivity index (χ3n) is 14.1. The van der Waals surface area contributed by atoms with Crippen LogP contribution in [0.5, 0.6) is 0 Å². The molecule has 0 aliphatic carbocycles. The van der Waals surface area contributed by atoms with Gasteiger partial charge in [0.25, 0.3) is 0 Å². The van der Waals surface area contributed by atoms with Crippen molar-refractivity contribution < 1.29 is 52.5 Å². The number of aliphatic hydroxyl groups is 1. The molecule has 1 N–H and O–H groups in total. The lowest BCUT2D eigenvalue weighted by molar-refractivity contribution is -0.292. The van der Waals surface area contributed by atoms with Crippen molar-refractivity contribution in [3.63, 3.8) is 0 Å². The van der Waals surface area contributed by atoms with Gasteiger partial charge >= 0.3 is 0 Å². The smallest absolute Gasteiger partial charge is 0.172 e. The maximum Gasteiger partial charge on any atom is 0.172 e. The van der Waals surface area contributed by atoms with E-state index in [1.165, 1.54) is 0 Å². The van der Waals surface area contributed by atoms with E-state index in [1.54, 1.807) is 7.11 Å². The second-order valence-electron chi connectivity index (χ2n) is 17.6. The number of fused-ring (bicyclic) bond motifs is 6. The lowest BCUT2D eigenvalue weighted by Crippen LogP contribution is -2.61. The Labute approximate surface area is 317 Å². The average Bonchev–Trinajstić information content (AvgIpc) is 3.82. The summed E-state index contributed by atoms with van der Waals surface area (Å²) >= 11 is 0. The summed E-state index contributed by atoms with van der Waals surface area (Å²) in [5, 5.41) is 14.3. The highest BCUT2D eigenvalue weighted by Crippen LogP contribution is 2.54. The molecular weight excluding hydrogens is 698 g/mol. The van der Waals surface area contributed by atoms with E-state index in [-0.39, 0.29) is 123 Å². The summed E-state index contributed by atoms with van der Waals surface area (Å²) in [6.45, 7) is 11.0. The molecule has 0 aromatic carbocycles. The van der Waals surface area contributed by atoms with Crippen LogP contribution in [0.15, 0.2) is 29.4 Å². The van der Waals surface area contributed by atoms with E-state index >= 15 is 0 Å². The first kappa shape index (κ1) is 37.6. The summed E-state index contributed by atoms with van der Waals surface area (Å²) in [6.07, 6.45) is 3.73. The van der Waals surface area contributed by atoms with Crippen molar-refractivity contribution in [3.8, 4) is 0 Å². The van der Waals surface area contributed by atoms with Gasteiger partial charge in [0.2, 0.25) is 0 Å². The van der Waals surface area contributed by atoms with Gasteiger partial charge in [-0.15, -0.1) is 0 Å². The molecule has 54 heavy (non-hydrogen) atoms. The number of Topliss-reactive ketones (excluding diaryl/α,β-unsaturated/α-hetero) is 1. The van der Waals surface area contributed by atoms with Crippen LogP contribution >= 0.6 is 0 Å². The number of nitrogens with zero attached hydrogens (tertiary/aromatic N) is 3. The van der Waals surface area contributed by atoms with Crippen LogP contribution in [0.2, 0.25) is 0 Å². The largest absolute Gasteiger partial charge is 0.393 e. The zero-order valence-electron chi connectivity index (χ0n) is 31.6. The third-order valence-corrected chi connectivity index (χ3v) is 14.1. The second kappa shape index (κ2) is 15.1. The Bertz CT molecular complexity index is 1510. The van der Waals surface area contributed by atoms with Crippen LogP contribution in [0.3, 0.4) is 0 Å². The molecule has 0 saturated carbocycles. The zero-order valence-corrected chi connectivity index (χ0v) is 31.6. The quantitative estimate of drug-likeness (QED) is 0.177. The number of ether oxygens (including phenoxy) is 9. The van der Waals surface area contributed by atoms with E-state index < -0.39 is 24.1 Å². The summed E-state index contributed by atoms with van der Waals surface area (Å²) in [5.41, 5.74) is 11.0. The molecular formula is C40H57N3O11. The van der Waals surface area contributed by atoms with Crippen molar-refractivity contribution in [1.82, 2.24) is 0 Å². The highest BCUT2D eigenvalue weighted by molar-refractivity contribution is 5.79. The molecule has 0 aromatic heterocycles. The summed E-state index contributed by atoms with van der Waals surface area (Å²) < 4.78 is 60.0. The number of aliphatic hydroxyl groups excluding tert-OH is 1. The van der Waals surface area contributed by atoms with Crippen LogP contribution in [-0.4, -0.2) is 128 Å². The van der Waals surface area contributed by atoms with Crippen LogP contribution in [0.1, 0.15) is 90.4 Å². The first-order valence-electron chi connectivity index (χ1n) is 20.5. The number of rotatable bonds is 5. The number of ketones is 1. The van der Waals surface area contributed by atoms with E-state index in [9.17, 15) is 9.90 Å².